The molecule has 28 heavy (non-hydrogen) atoms. The number of amides is 1. The van der Waals surface area contributed by atoms with Crippen molar-refractivity contribution in [2.24, 2.45) is 0 Å². The van der Waals surface area contributed by atoms with Gasteiger partial charge in [0.15, 0.2) is 0 Å². The van der Waals surface area contributed by atoms with Crippen LogP contribution in [0.3, 0.4) is 0 Å². The molecule has 0 radical (unpaired) electrons. The average Bonchev–Trinajstić information content (AvgIpc) is 2.71. The van der Waals surface area contributed by atoms with E-state index in [0.717, 1.165) is 27.6 Å². The van der Waals surface area contributed by atoms with Gasteiger partial charge in [0.2, 0.25) is 0 Å². The summed E-state index contributed by atoms with van der Waals surface area (Å²) in [5.74, 6) is -0.235. The minimum absolute atomic E-state index is 0.139. The van der Waals surface area contributed by atoms with Gasteiger partial charge >= 0.3 is 0 Å². The van der Waals surface area contributed by atoms with Crippen molar-refractivity contribution in [1.29, 1.82) is 0 Å². The number of nitrogens with zero attached hydrogens (tertiary/aromatic N) is 1. The van der Waals surface area contributed by atoms with Crippen LogP contribution >= 0.6 is 0 Å². The van der Waals surface area contributed by atoms with E-state index >= 15 is 0 Å². The fourth-order valence-corrected chi connectivity index (χ4v) is 3.31. The second kappa shape index (κ2) is 7.53. The highest BCUT2D eigenvalue weighted by Crippen LogP contribution is 2.19. The number of anilines is 1. The third kappa shape index (κ3) is 3.58. The van der Waals surface area contributed by atoms with Gasteiger partial charge in [-0.15, -0.1) is 0 Å². The van der Waals surface area contributed by atoms with Crippen molar-refractivity contribution in [2.75, 3.05) is 5.32 Å². The lowest BCUT2D eigenvalue weighted by Gasteiger charge is -2.12. The Morgan fingerprint density at radius 3 is 2.50 bits per heavy atom. The smallest absolute Gasteiger partial charge is 0.257 e. The normalized spacial score (nSPS) is 10.8. The van der Waals surface area contributed by atoms with Gasteiger partial charge in [-0.05, 0) is 41.0 Å². The van der Waals surface area contributed by atoms with Crippen LogP contribution in [0, 0.1) is 6.92 Å². The summed E-state index contributed by atoms with van der Waals surface area (Å²) in [5, 5.41) is 5.14. The number of benzene rings is 3. The highest BCUT2D eigenvalue weighted by Gasteiger charge is 2.10. The molecule has 0 unspecified atom stereocenters. The van der Waals surface area contributed by atoms with Crippen LogP contribution in [0.5, 0.6) is 0 Å². The molecule has 0 saturated heterocycles. The molecule has 4 nitrogen and oxygen atoms in total. The maximum atomic E-state index is 12.7. The van der Waals surface area contributed by atoms with Gasteiger partial charge in [0, 0.05) is 18.0 Å². The Labute approximate surface area is 163 Å². The van der Waals surface area contributed by atoms with Crippen molar-refractivity contribution in [3.8, 4) is 0 Å². The highest BCUT2D eigenvalue weighted by molar-refractivity contribution is 6.04. The summed E-state index contributed by atoms with van der Waals surface area (Å²) in [5.41, 5.74) is 3.10. The Hall–Kier alpha value is -3.66. The summed E-state index contributed by atoms with van der Waals surface area (Å²) in [7, 11) is 0. The van der Waals surface area contributed by atoms with Gasteiger partial charge in [-0.2, -0.15) is 0 Å². The van der Waals surface area contributed by atoms with E-state index in [2.05, 4.69) is 5.32 Å². The Kier molecular flexibility index (Phi) is 4.77. The third-order valence-corrected chi connectivity index (χ3v) is 4.86. The number of nitrogens with one attached hydrogen (secondary N) is 1. The van der Waals surface area contributed by atoms with Gasteiger partial charge in [0.05, 0.1) is 12.1 Å². The largest absolute Gasteiger partial charge is 0.322 e. The number of fused-ring (bicyclic) bond motifs is 1. The first-order chi connectivity index (χ1) is 13.6. The Bertz CT molecular complexity index is 1220. The van der Waals surface area contributed by atoms with E-state index in [4.69, 9.17) is 0 Å². The Morgan fingerprint density at radius 1 is 0.893 bits per heavy atom. The van der Waals surface area contributed by atoms with Crippen LogP contribution in [0.1, 0.15) is 21.5 Å². The van der Waals surface area contributed by atoms with Crippen molar-refractivity contribution in [1.82, 2.24) is 4.57 Å². The number of rotatable bonds is 4. The van der Waals surface area contributed by atoms with Gasteiger partial charge < -0.3 is 9.88 Å². The number of aromatic nitrogens is 1. The summed E-state index contributed by atoms with van der Waals surface area (Å²) < 4.78 is 1.58. The summed E-state index contributed by atoms with van der Waals surface area (Å²) in [6.45, 7) is 2.35. The second-order valence-corrected chi connectivity index (χ2v) is 6.79. The Balaban J connectivity index is 1.65. The molecule has 138 valence electrons. The number of para-hydroxylation sites is 1. The van der Waals surface area contributed by atoms with Crippen LogP contribution in [0.15, 0.2) is 89.9 Å². The zero-order chi connectivity index (χ0) is 19.5. The van der Waals surface area contributed by atoms with Gasteiger partial charge in [0.25, 0.3) is 11.5 Å². The molecule has 4 heteroatoms. The molecule has 0 aliphatic heterocycles. The van der Waals surface area contributed by atoms with Gasteiger partial charge in [-0.3, -0.25) is 9.59 Å². The summed E-state index contributed by atoms with van der Waals surface area (Å²) in [4.78, 5) is 25.0. The number of aryl methyl sites for hydroxylation is 1. The Morgan fingerprint density at radius 2 is 1.64 bits per heavy atom. The van der Waals surface area contributed by atoms with Gasteiger partial charge in [-0.1, -0.05) is 60.7 Å². The summed E-state index contributed by atoms with van der Waals surface area (Å²) in [6.07, 6.45) is 1.62. The van der Waals surface area contributed by atoms with Gasteiger partial charge in [-0.25, -0.2) is 0 Å². The molecule has 1 heterocycles. The van der Waals surface area contributed by atoms with Crippen LogP contribution in [0.2, 0.25) is 0 Å². The maximum Gasteiger partial charge on any atom is 0.257 e. The predicted molar refractivity (Wildman–Crippen MR) is 113 cm³/mol. The van der Waals surface area contributed by atoms with Crippen molar-refractivity contribution in [2.45, 2.75) is 13.5 Å². The first kappa shape index (κ1) is 17.7. The van der Waals surface area contributed by atoms with E-state index in [1.54, 1.807) is 16.8 Å². The summed E-state index contributed by atoms with van der Waals surface area (Å²) >= 11 is 0. The van der Waals surface area contributed by atoms with E-state index in [9.17, 15) is 9.59 Å². The van der Waals surface area contributed by atoms with Crippen LogP contribution in [0.25, 0.3) is 10.8 Å². The fraction of sp³-hybridized carbons (Fsp3) is 0.0833. The molecular weight excluding hydrogens is 348 g/mol. The monoisotopic (exact) mass is 368 g/mol. The molecule has 4 rings (SSSR count). The number of pyridine rings is 1. The first-order valence-electron chi connectivity index (χ1n) is 9.16. The quantitative estimate of drug-likeness (QED) is 0.572. The maximum absolute atomic E-state index is 12.7. The molecule has 4 aromatic rings. The standard InChI is InChI=1S/C24H20N2O2/c1-17-7-2-5-12-22(17)25-24(28)20-13-14-23(27)26(16-20)15-19-10-6-9-18-8-3-4-11-21(18)19/h2-14,16H,15H2,1H3,(H,25,28). The van der Waals surface area contributed by atoms with E-state index in [1.165, 1.54) is 6.07 Å². The lowest BCUT2D eigenvalue weighted by Crippen LogP contribution is -2.22. The van der Waals surface area contributed by atoms with Crippen molar-refractivity contribution < 1.29 is 4.79 Å². The number of hydrogen-bond acceptors (Lipinski definition) is 2. The van der Waals surface area contributed by atoms with Crippen molar-refractivity contribution in [3.05, 3.63) is 112 Å². The average molecular weight is 368 g/mol. The first-order valence-corrected chi connectivity index (χ1v) is 9.16. The van der Waals surface area contributed by atoms with Gasteiger partial charge in [0.1, 0.15) is 0 Å². The topological polar surface area (TPSA) is 51.1 Å². The molecule has 0 aliphatic rings. The van der Waals surface area contributed by atoms with E-state index < -0.39 is 0 Å². The molecule has 0 atom stereocenters. The lowest BCUT2D eigenvalue weighted by atomic mass is 10.0. The summed E-state index contributed by atoms with van der Waals surface area (Å²) in [6, 6.07) is 24.7. The molecule has 3 aromatic carbocycles. The zero-order valence-electron chi connectivity index (χ0n) is 15.6. The van der Waals surface area contributed by atoms with E-state index in [1.807, 2.05) is 73.7 Å². The molecule has 0 aliphatic carbocycles. The molecule has 0 spiro atoms. The molecule has 1 N–H and O–H groups in total. The number of carbonyl (C=O) groups excluding carboxylic acids is 1. The SMILES string of the molecule is Cc1ccccc1NC(=O)c1ccc(=O)n(Cc2cccc3ccccc23)c1. The van der Waals surface area contributed by atoms with E-state index in [0.29, 0.717) is 12.1 Å². The minimum Gasteiger partial charge on any atom is -0.322 e. The predicted octanol–water partition coefficient (Wildman–Crippen LogP) is 4.61. The molecular formula is C24H20N2O2. The van der Waals surface area contributed by atoms with Crippen LogP contribution in [0.4, 0.5) is 5.69 Å². The highest BCUT2D eigenvalue weighted by atomic mass is 16.2. The molecule has 0 fully saturated rings. The number of hydrogen-bond donors (Lipinski definition) is 1. The second-order valence-electron chi connectivity index (χ2n) is 6.79. The van der Waals surface area contributed by atoms with Crippen molar-refractivity contribution in [3.63, 3.8) is 0 Å². The number of carbonyl (C=O) groups is 1. The minimum atomic E-state index is -0.235. The molecule has 0 bridgehead atoms. The molecule has 1 amide bonds. The molecule has 0 saturated carbocycles. The van der Waals surface area contributed by atoms with Crippen LogP contribution in [-0.4, -0.2) is 10.5 Å². The van der Waals surface area contributed by atoms with Crippen LogP contribution in [-0.2, 0) is 6.54 Å². The van der Waals surface area contributed by atoms with Crippen molar-refractivity contribution >= 4 is 22.4 Å². The lowest BCUT2D eigenvalue weighted by molar-refractivity contribution is 0.102. The van der Waals surface area contributed by atoms with E-state index in [-0.39, 0.29) is 11.5 Å². The molecule has 1 aromatic heterocycles. The third-order valence-electron chi connectivity index (χ3n) is 4.86. The fourth-order valence-electron chi connectivity index (χ4n) is 3.31. The zero-order valence-corrected chi connectivity index (χ0v) is 15.6. The van der Waals surface area contributed by atoms with Crippen LogP contribution < -0.4 is 10.9 Å².